The van der Waals surface area contributed by atoms with E-state index in [4.69, 9.17) is 22.1 Å². The van der Waals surface area contributed by atoms with Gasteiger partial charge in [0.25, 0.3) is 0 Å². The predicted octanol–water partition coefficient (Wildman–Crippen LogP) is 4.28. The van der Waals surface area contributed by atoms with Crippen LogP contribution in [0.5, 0.6) is 5.75 Å². The second-order valence-electron chi connectivity index (χ2n) is 6.02. The SMILES string of the molecule is O=C(O)c1cccc(NC(=S)NN=Cc2ccccc2OCc2ccccc2)c1. The Morgan fingerprint density at radius 1 is 1.03 bits per heavy atom. The number of thiocarbonyl (C=S) groups is 1. The summed E-state index contributed by atoms with van der Waals surface area (Å²) in [5, 5.41) is 16.3. The lowest BCUT2D eigenvalue weighted by Gasteiger charge is -2.10. The Morgan fingerprint density at radius 2 is 1.79 bits per heavy atom. The van der Waals surface area contributed by atoms with Gasteiger partial charge in [0, 0.05) is 11.3 Å². The maximum Gasteiger partial charge on any atom is 0.335 e. The van der Waals surface area contributed by atoms with E-state index in [1.165, 1.54) is 12.1 Å². The van der Waals surface area contributed by atoms with Crippen molar-refractivity contribution in [3.05, 3.63) is 95.6 Å². The normalized spacial score (nSPS) is 10.5. The van der Waals surface area contributed by atoms with Crippen LogP contribution in [-0.4, -0.2) is 22.4 Å². The molecule has 6 nitrogen and oxygen atoms in total. The summed E-state index contributed by atoms with van der Waals surface area (Å²) in [5.41, 5.74) is 5.32. The van der Waals surface area contributed by atoms with Crippen LogP contribution in [0.1, 0.15) is 21.5 Å². The number of carboxylic acid groups (broad SMARTS) is 1. The van der Waals surface area contributed by atoms with Gasteiger partial charge in [0.1, 0.15) is 12.4 Å². The quantitative estimate of drug-likeness (QED) is 0.309. The molecule has 3 aromatic rings. The Labute approximate surface area is 173 Å². The summed E-state index contributed by atoms with van der Waals surface area (Å²) in [6, 6.07) is 23.8. The third-order valence-electron chi connectivity index (χ3n) is 3.89. The fraction of sp³-hybridized carbons (Fsp3) is 0.0455. The molecule has 0 aliphatic rings. The Morgan fingerprint density at radius 3 is 2.59 bits per heavy atom. The number of carboxylic acids is 1. The molecular weight excluding hydrogens is 386 g/mol. The first-order chi connectivity index (χ1) is 14.1. The molecule has 146 valence electrons. The van der Waals surface area contributed by atoms with E-state index < -0.39 is 5.97 Å². The van der Waals surface area contributed by atoms with Crippen molar-refractivity contribution in [2.45, 2.75) is 6.61 Å². The zero-order valence-electron chi connectivity index (χ0n) is 15.4. The zero-order chi connectivity index (χ0) is 20.5. The number of nitrogens with one attached hydrogen (secondary N) is 2. The molecule has 3 rings (SSSR count). The van der Waals surface area contributed by atoms with Crippen molar-refractivity contribution >= 4 is 35.2 Å². The first-order valence-corrected chi connectivity index (χ1v) is 9.22. The van der Waals surface area contributed by atoms with Crippen LogP contribution in [0.2, 0.25) is 0 Å². The molecule has 0 unspecified atom stereocenters. The number of anilines is 1. The summed E-state index contributed by atoms with van der Waals surface area (Å²) in [4.78, 5) is 11.0. The van der Waals surface area contributed by atoms with Gasteiger partial charge in [-0.1, -0.05) is 48.5 Å². The number of hydrogen-bond acceptors (Lipinski definition) is 4. The highest BCUT2D eigenvalue weighted by atomic mass is 32.1. The van der Waals surface area contributed by atoms with Crippen LogP contribution >= 0.6 is 12.2 Å². The van der Waals surface area contributed by atoms with E-state index in [1.54, 1.807) is 18.3 Å². The second kappa shape index (κ2) is 10.0. The first kappa shape index (κ1) is 20.0. The predicted molar refractivity (Wildman–Crippen MR) is 118 cm³/mol. The zero-order valence-corrected chi connectivity index (χ0v) is 16.2. The minimum Gasteiger partial charge on any atom is -0.488 e. The van der Waals surface area contributed by atoms with Crippen molar-refractivity contribution in [1.29, 1.82) is 0 Å². The van der Waals surface area contributed by atoms with Gasteiger partial charge in [-0.15, -0.1) is 0 Å². The van der Waals surface area contributed by atoms with Gasteiger partial charge in [0.2, 0.25) is 0 Å². The molecule has 7 heteroatoms. The largest absolute Gasteiger partial charge is 0.488 e. The number of carbonyl (C=O) groups is 1. The van der Waals surface area contributed by atoms with Gasteiger partial charge < -0.3 is 15.2 Å². The molecule has 0 bridgehead atoms. The van der Waals surface area contributed by atoms with E-state index in [-0.39, 0.29) is 10.7 Å². The summed E-state index contributed by atoms with van der Waals surface area (Å²) in [6.45, 7) is 0.457. The molecular formula is C22H19N3O3S. The highest BCUT2D eigenvalue weighted by Gasteiger charge is 2.04. The van der Waals surface area contributed by atoms with Crippen LogP contribution in [0, 0.1) is 0 Å². The van der Waals surface area contributed by atoms with Crippen LogP contribution in [0.25, 0.3) is 0 Å². The number of hydrogen-bond donors (Lipinski definition) is 3. The van der Waals surface area contributed by atoms with Gasteiger partial charge in [-0.3, -0.25) is 5.43 Å². The number of aromatic carboxylic acids is 1. The molecule has 0 aliphatic heterocycles. The van der Waals surface area contributed by atoms with Crippen LogP contribution < -0.4 is 15.5 Å². The molecule has 29 heavy (non-hydrogen) atoms. The van der Waals surface area contributed by atoms with Gasteiger partial charge in [0.05, 0.1) is 11.8 Å². The molecule has 0 amide bonds. The summed E-state index contributed by atoms with van der Waals surface area (Å²) in [6.07, 6.45) is 1.61. The standard InChI is InChI=1S/C22H19N3O3S/c26-21(27)17-10-6-11-19(13-17)24-22(29)25-23-14-18-9-4-5-12-20(18)28-15-16-7-2-1-3-8-16/h1-14H,15H2,(H,26,27)(H2,24,25,29). The van der Waals surface area contributed by atoms with E-state index in [9.17, 15) is 4.79 Å². The summed E-state index contributed by atoms with van der Waals surface area (Å²) >= 11 is 5.19. The van der Waals surface area contributed by atoms with Crippen LogP contribution in [0.3, 0.4) is 0 Å². The minimum absolute atomic E-state index is 0.172. The van der Waals surface area contributed by atoms with Crippen molar-refractivity contribution in [2.75, 3.05) is 5.32 Å². The van der Waals surface area contributed by atoms with E-state index >= 15 is 0 Å². The van der Waals surface area contributed by atoms with Gasteiger partial charge in [-0.2, -0.15) is 5.10 Å². The van der Waals surface area contributed by atoms with Crippen molar-refractivity contribution < 1.29 is 14.6 Å². The number of para-hydroxylation sites is 1. The maximum atomic E-state index is 11.0. The molecule has 0 atom stereocenters. The van der Waals surface area contributed by atoms with E-state index in [0.717, 1.165) is 11.1 Å². The molecule has 0 aromatic heterocycles. The number of ether oxygens (including phenoxy) is 1. The van der Waals surface area contributed by atoms with Crippen molar-refractivity contribution in [2.24, 2.45) is 5.10 Å². The van der Waals surface area contributed by atoms with E-state index in [1.807, 2.05) is 54.6 Å². The third kappa shape index (κ3) is 6.15. The number of benzene rings is 3. The summed E-state index contributed by atoms with van der Waals surface area (Å²) < 4.78 is 5.89. The average molecular weight is 405 g/mol. The lowest BCUT2D eigenvalue weighted by Crippen LogP contribution is -2.24. The molecule has 0 spiro atoms. The molecule has 3 N–H and O–H groups in total. The highest BCUT2D eigenvalue weighted by Crippen LogP contribution is 2.17. The van der Waals surface area contributed by atoms with Crippen molar-refractivity contribution in [1.82, 2.24) is 5.43 Å². The Hall–Kier alpha value is -3.71. The molecule has 0 fully saturated rings. The highest BCUT2D eigenvalue weighted by molar-refractivity contribution is 7.80. The molecule has 0 aliphatic carbocycles. The van der Waals surface area contributed by atoms with Crippen molar-refractivity contribution in [3.63, 3.8) is 0 Å². The van der Waals surface area contributed by atoms with Gasteiger partial charge in [-0.05, 0) is 48.1 Å². The second-order valence-corrected chi connectivity index (χ2v) is 6.43. The van der Waals surface area contributed by atoms with Crippen LogP contribution in [0.15, 0.2) is 84.0 Å². The average Bonchev–Trinajstić information content (AvgIpc) is 2.74. The van der Waals surface area contributed by atoms with E-state index in [2.05, 4.69) is 15.8 Å². The smallest absolute Gasteiger partial charge is 0.335 e. The van der Waals surface area contributed by atoms with Gasteiger partial charge in [-0.25, -0.2) is 4.79 Å². The topological polar surface area (TPSA) is 83.0 Å². The Balaban J connectivity index is 1.58. The lowest BCUT2D eigenvalue weighted by atomic mass is 10.2. The minimum atomic E-state index is -1.00. The van der Waals surface area contributed by atoms with Crippen LogP contribution in [0.4, 0.5) is 5.69 Å². The maximum absolute atomic E-state index is 11.0. The Bertz CT molecular complexity index is 1020. The monoisotopic (exact) mass is 405 g/mol. The third-order valence-corrected chi connectivity index (χ3v) is 4.09. The van der Waals surface area contributed by atoms with Gasteiger partial charge >= 0.3 is 5.97 Å². The fourth-order valence-corrected chi connectivity index (χ4v) is 2.67. The lowest BCUT2D eigenvalue weighted by molar-refractivity contribution is 0.0697. The summed E-state index contributed by atoms with van der Waals surface area (Å²) in [5.74, 6) is -0.299. The van der Waals surface area contributed by atoms with Crippen LogP contribution in [-0.2, 0) is 6.61 Å². The molecule has 0 radical (unpaired) electrons. The number of hydrazone groups is 1. The van der Waals surface area contributed by atoms with E-state index in [0.29, 0.717) is 18.0 Å². The molecule has 0 saturated carbocycles. The Kier molecular flexibility index (Phi) is 6.91. The number of rotatable bonds is 7. The van der Waals surface area contributed by atoms with Crippen molar-refractivity contribution in [3.8, 4) is 5.75 Å². The van der Waals surface area contributed by atoms with Gasteiger partial charge in [0.15, 0.2) is 5.11 Å². The first-order valence-electron chi connectivity index (χ1n) is 8.81. The molecule has 0 saturated heterocycles. The number of nitrogens with zero attached hydrogens (tertiary/aromatic N) is 1. The fourth-order valence-electron chi connectivity index (χ4n) is 2.50. The summed E-state index contributed by atoms with van der Waals surface area (Å²) in [7, 11) is 0. The molecule has 3 aromatic carbocycles. The molecule has 0 heterocycles.